The predicted octanol–water partition coefficient (Wildman–Crippen LogP) is 4.49. The van der Waals surface area contributed by atoms with Crippen LogP contribution < -0.4 is 5.32 Å². The van der Waals surface area contributed by atoms with Crippen LogP contribution in [0.4, 0.5) is 13.2 Å². The lowest BCUT2D eigenvalue weighted by Crippen LogP contribution is -2.41. The molecule has 7 heteroatoms. The normalized spacial score (nSPS) is 20.0. The maximum absolute atomic E-state index is 12.7. The fourth-order valence-corrected chi connectivity index (χ4v) is 3.61. The molecule has 1 aliphatic rings. The van der Waals surface area contributed by atoms with Gasteiger partial charge in [-0.1, -0.05) is 42.5 Å². The lowest BCUT2D eigenvalue weighted by atomic mass is 9.95. The standard InChI is InChI=1S/C22H26F3N3O/c1-26-21(28(2)15-16-8-10-19(11-9-16)22(23,24)25)27-14-18-12-13-29-20(18)17-6-4-3-5-7-17/h3-11,18,20H,12-15H2,1-2H3,(H,26,27). The number of nitrogens with one attached hydrogen (secondary N) is 1. The molecule has 2 aromatic rings. The Morgan fingerprint density at radius 1 is 1.14 bits per heavy atom. The minimum absolute atomic E-state index is 0.0574. The van der Waals surface area contributed by atoms with E-state index in [-0.39, 0.29) is 6.10 Å². The van der Waals surface area contributed by atoms with Gasteiger partial charge in [0.25, 0.3) is 0 Å². The van der Waals surface area contributed by atoms with Crippen molar-refractivity contribution in [3.8, 4) is 0 Å². The first-order valence-electron chi connectivity index (χ1n) is 9.63. The molecule has 0 bridgehead atoms. The van der Waals surface area contributed by atoms with Crippen molar-refractivity contribution in [1.82, 2.24) is 10.2 Å². The first-order chi connectivity index (χ1) is 13.9. The first kappa shape index (κ1) is 21.2. The van der Waals surface area contributed by atoms with Gasteiger partial charge in [0.05, 0.1) is 11.7 Å². The van der Waals surface area contributed by atoms with Crippen molar-refractivity contribution in [1.29, 1.82) is 0 Å². The zero-order valence-electron chi connectivity index (χ0n) is 16.6. The van der Waals surface area contributed by atoms with Crippen molar-refractivity contribution in [3.63, 3.8) is 0 Å². The molecule has 2 atom stereocenters. The van der Waals surface area contributed by atoms with Gasteiger partial charge in [0.15, 0.2) is 5.96 Å². The summed E-state index contributed by atoms with van der Waals surface area (Å²) in [5.41, 5.74) is 1.32. The highest BCUT2D eigenvalue weighted by molar-refractivity contribution is 5.79. The van der Waals surface area contributed by atoms with Crippen molar-refractivity contribution in [2.24, 2.45) is 10.9 Å². The fraction of sp³-hybridized carbons (Fsp3) is 0.409. The van der Waals surface area contributed by atoms with Crippen molar-refractivity contribution < 1.29 is 17.9 Å². The summed E-state index contributed by atoms with van der Waals surface area (Å²) in [7, 11) is 3.57. The molecule has 1 heterocycles. The second-order valence-electron chi connectivity index (χ2n) is 7.23. The molecule has 4 nitrogen and oxygen atoms in total. The molecule has 2 aromatic carbocycles. The number of benzene rings is 2. The highest BCUT2D eigenvalue weighted by Crippen LogP contribution is 2.34. The Hall–Kier alpha value is -2.54. The molecule has 0 amide bonds. The Morgan fingerprint density at radius 2 is 1.83 bits per heavy atom. The minimum Gasteiger partial charge on any atom is -0.373 e. The summed E-state index contributed by atoms with van der Waals surface area (Å²) in [5.74, 6) is 1.03. The summed E-state index contributed by atoms with van der Waals surface area (Å²) in [6.45, 7) is 1.90. The molecule has 1 aliphatic heterocycles. The molecule has 0 aliphatic carbocycles. The molecule has 156 valence electrons. The number of aliphatic imine (C=N–C) groups is 1. The molecule has 29 heavy (non-hydrogen) atoms. The summed E-state index contributed by atoms with van der Waals surface area (Å²) in [6, 6.07) is 15.4. The van der Waals surface area contributed by atoms with Gasteiger partial charge in [0.2, 0.25) is 0 Å². The number of nitrogens with zero attached hydrogens (tertiary/aromatic N) is 2. The monoisotopic (exact) mass is 405 g/mol. The van der Waals surface area contributed by atoms with Gasteiger partial charge in [-0.25, -0.2) is 0 Å². The van der Waals surface area contributed by atoms with E-state index in [9.17, 15) is 13.2 Å². The average Bonchev–Trinajstić information content (AvgIpc) is 3.17. The zero-order chi connectivity index (χ0) is 20.9. The maximum atomic E-state index is 12.7. The molecule has 2 unspecified atom stereocenters. The third-order valence-electron chi connectivity index (χ3n) is 5.14. The van der Waals surface area contributed by atoms with Crippen LogP contribution in [0, 0.1) is 5.92 Å². The molecule has 3 rings (SSSR count). The van der Waals surface area contributed by atoms with Crippen LogP contribution in [0.1, 0.15) is 29.2 Å². The third-order valence-corrected chi connectivity index (χ3v) is 5.14. The van der Waals surface area contributed by atoms with E-state index >= 15 is 0 Å². The second kappa shape index (κ2) is 9.31. The largest absolute Gasteiger partial charge is 0.416 e. The molecular formula is C22H26F3N3O. The van der Waals surface area contributed by atoms with Crippen molar-refractivity contribution in [3.05, 3.63) is 71.3 Å². The van der Waals surface area contributed by atoms with Crippen molar-refractivity contribution in [2.75, 3.05) is 27.2 Å². The third kappa shape index (κ3) is 5.50. The van der Waals surface area contributed by atoms with Crippen LogP contribution in [0.15, 0.2) is 59.6 Å². The number of hydrogen-bond donors (Lipinski definition) is 1. The van der Waals surface area contributed by atoms with E-state index in [1.165, 1.54) is 17.7 Å². The van der Waals surface area contributed by atoms with Crippen molar-refractivity contribution in [2.45, 2.75) is 25.2 Å². The van der Waals surface area contributed by atoms with E-state index in [0.717, 1.165) is 30.7 Å². The van der Waals surface area contributed by atoms with Gasteiger partial charge >= 0.3 is 6.18 Å². The van der Waals surface area contributed by atoms with E-state index in [1.54, 1.807) is 7.05 Å². The van der Waals surface area contributed by atoms with Gasteiger partial charge in [-0.05, 0) is 29.7 Å². The Balaban J connectivity index is 1.57. The van der Waals surface area contributed by atoms with E-state index in [1.807, 2.05) is 30.1 Å². The topological polar surface area (TPSA) is 36.9 Å². The number of guanidine groups is 1. The Labute approximate surface area is 169 Å². The molecule has 0 spiro atoms. The predicted molar refractivity (Wildman–Crippen MR) is 108 cm³/mol. The van der Waals surface area contributed by atoms with Gasteiger partial charge in [-0.3, -0.25) is 4.99 Å². The van der Waals surface area contributed by atoms with Crippen LogP contribution in [0.3, 0.4) is 0 Å². The van der Waals surface area contributed by atoms with E-state index < -0.39 is 11.7 Å². The smallest absolute Gasteiger partial charge is 0.373 e. The Morgan fingerprint density at radius 3 is 2.45 bits per heavy atom. The van der Waals surface area contributed by atoms with Gasteiger partial charge in [0, 0.05) is 39.7 Å². The molecule has 0 aromatic heterocycles. The molecule has 0 radical (unpaired) electrons. The van der Waals surface area contributed by atoms with Gasteiger partial charge in [0.1, 0.15) is 0 Å². The van der Waals surface area contributed by atoms with Crippen LogP contribution in [-0.2, 0) is 17.5 Å². The summed E-state index contributed by atoms with van der Waals surface area (Å²) in [5, 5.41) is 3.38. The zero-order valence-corrected chi connectivity index (χ0v) is 16.6. The Bertz CT molecular complexity index is 806. The summed E-state index contributed by atoms with van der Waals surface area (Å²) >= 11 is 0. The molecule has 0 saturated carbocycles. The van der Waals surface area contributed by atoms with Crippen LogP contribution in [0.5, 0.6) is 0 Å². The minimum atomic E-state index is -4.32. The van der Waals surface area contributed by atoms with Crippen LogP contribution >= 0.6 is 0 Å². The maximum Gasteiger partial charge on any atom is 0.416 e. The fourth-order valence-electron chi connectivity index (χ4n) is 3.61. The number of hydrogen-bond acceptors (Lipinski definition) is 2. The van der Waals surface area contributed by atoms with Crippen LogP contribution in [-0.4, -0.2) is 38.1 Å². The molecular weight excluding hydrogens is 379 g/mol. The molecule has 1 fully saturated rings. The highest BCUT2D eigenvalue weighted by Gasteiger charge is 2.31. The van der Waals surface area contributed by atoms with Gasteiger partial charge in [-0.15, -0.1) is 0 Å². The van der Waals surface area contributed by atoms with Gasteiger partial charge < -0.3 is 15.0 Å². The summed E-state index contributed by atoms with van der Waals surface area (Å²) in [6.07, 6.45) is -3.30. The SMILES string of the molecule is CN=C(NCC1CCOC1c1ccccc1)N(C)Cc1ccc(C(F)(F)F)cc1. The van der Waals surface area contributed by atoms with E-state index in [4.69, 9.17) is 4.74 Å². The number of ether oxygens (including phenoxy) is 1. The van der Waals surface area contributed by atoms with E-state index in [0.29, 0.717) is 25.0 Å². The van der Waals surface area contributed by atoms with Crippen molar-refractivity contribution >= 4 is 5.96 Å². The number of halogens is 3. The van der Waals surface area contributed by atoms with Crippen LogP contribution in [0.25, 0.3) is 0 Å². The quantitative estimate of drug-likeness (QED) is 0.588. The average molecular weight is 405 g/mol. The summed E-state index contributed by atoms with van der Waals surface area (Å²) in [4.78, 5) is 6.21. The molecule has 1 N–H and O–H groups in total. The second-order valence-corrected chi connectivity index (χ2v) is 7.23. The number of alkyl halides is 3. The molecule has 1 saturated heterocycles. The first-order valence-corrected chi connectivity index (χ1v) is 9.63. The van der Waals surface area contributed by atoms with E-state index in [2.05, 4.69) is 22.4 Å². The number of rotatable bonds is 5. The lowest BCUT2D eigenvalue weighted by molar-refractivity contribution is -0.137. The Kier molecular flexibility index (Phi) is 6.79. The van der Waals surface area contributed by atoms with Gasteiger partial charge in [-0.2, -0.15) is 13.2 Å². The lowest BCUT2D eigenvalue weighted by Gasteiger charge is -2.25. The van der Waals surface area contributed by atoms with Crippen LogP contribution in [0.2, 0.25) is 0 Å². The highest BCUT2D eigenvalue weighted by atomic mass is 19.4. The summed E-state index contributed by atoms with van der Waals surface area (Å²) < 4.78 is 44.1.